The van der Waals surface area contributed by atoms with Crippen molar-refractivity contribution >= 4 is 0 Å². The first-order valence-electron chi connectivity index (χ1n) is 4.67. The van der Waals surface area contributed by atoms with Crippen molar-refractivity contribution in [3.05, 3.63) is 0 Å². The molecule has 2 nitrogen and oxygen atoms in total. The van der Waals surface area contributed by atoms with Gasteiger partial charge >= 0.3 is 6.18 Å². The smallest absolute Gasteiger partial charge is 0.370 e. The summed E-state index contributed by atoms with van der Waals surface area (Å²) in [5.74, 6) is 0.446. The zero-order chi connectivity index (χ0) is 11.2. The summed E-state index contributed by atoms with van der Waals surface area (Å²) >= 11 is 0. The molecule has 0 spiro atoms. The largest absolute Gasteiger partial charge is 0.411 e. The molecule has 0 aliphatic rings. The van der Waals surface area contributed by atoms with Crippen LogP contribution in [0.4, 0.5) is 13.2 Å². The van der Waals surface area contributed by atoms with Crippen molar-refractivity contribution < 1.29 is 17.9 Å². The summed E-state index contributed by atoms with van der Waals surface area (Å²) in [6.45, 7) is 2.99. The second-order valence-corrected chi connectivity index (χ2v) is 3.75. The van der Waals surface area contributed by atoms with Crippen LogP contribution in [0.25, 0.3) is 0 Å². The summed E-state index contributed by atoms with van der Waals surface area (Å²) in [6, 6.07) is -0.00245. The summed E-state index contributed by atoms with van der Waals surface area (Å²) in [5.41, 5.74) is 0. The number of hydrogen-bond donors (Lipinski definition) is 1. The van der Waals surface area contributed by atoms with Crippen LogP contribution >= 0.6 is 0 Å². The predicted molar refractivity (Wildman–Crippen MR) is 49.2 cm³/mol. The minimum absolute atomic E-state index is 0.00245. The Kier molecular flexibility index (Phi) is 6.11. The van der Waals surface area contributed by atoms with E-state index in [0.29, 0.717) is 5.92 Å². The first-order valence-corrected chi connectivity index (χ1v) is 4.67. The number of alkyl halides is 3. The van der Waals surface area contributed by atoms with Crippen LogP contribution in [0, 0.1) is 5.92 Å². The van der Waals surface area contributed by atoms with E-state index in [1.807, 2.05) is 13.8 Å². The van der Waals surface area contributed by atoms with Crippen LogP contribution < -0.4 is 5.32 Å². The Bertz CT molecular complexity index is 147. The van der Waals surface area contributed by atoms with Gasteiger partial charge in [0, 0.05) is 6.04 Å². The molecular formula is C9H18F3NO. The molecule has 0 aliphatic heterocycles. The molecule has 0 amide bonds. The molecule has 0 saturated carbocycles. The third-order valence-corrected chi connectivity index (χ3v) is 1.75. The Hall–Kier alpha value is -0.290. The first-order chi connectivity index (χ1) is 6.35. The van der Waals surface area contributed by atoms with E-state index < -0.39 is 12.8 Å². The molecule has 0 aliphatic carbocycles. The van der Waals surface area contributed by atoms with Crippen molar-refractivity contribution in [2.75, 3.05) is 20.3 Å². The summed E-state index contributed by atoms with van der Waals surface area (Å²) in [5, 5.41) is 2.93. The third kappa shape index (κ3) is 8.31. The Morgan fingerprint density at radius 2 is 1.86 bits per heavy atom. The van der Waals surface area contributed by atoms with Gasteiger partial charge in [0.2, 0.25) is 0 Å². The lowest BCUT2D eigenvalue weighted by molar-refractivity contribution is -0.175. The van der Waals surface area contributed by atoms with Gasteiger partial charge in [0.15, 0.2) is 0 Å². The molecule has 0 aromatic heterocycles. The van der Waals surface area contributed by atoms with E-state index in [1.165, 1.54) is 0 Å². The summed E-state index contributed by atoms with van der Waals surface area (Å²) in [7, 11) is 1.73. The molecular weight excluding hydrogens is 195 g/mol. The lowest BCUT2D eigenvalue weighted by Gasteiger charge is -2.18. The summed E-state index contributed by atoms with van der Waals surface area (Å²) in [6.07, 6.45) is -3.41. The van der Waals surface area contributed by atoms with Gasteiger partial charge in [-0.05, 0) is 19.4 Å². The van der Waals surface area contributed by atoms with Crippen LogP contribution in [0.15, 0.2) is 0 Å². The van der Waals surface area contributed by atoms with E-state index in [4.69, 9.17) is 0 Å². The molecule has 86 valence electrons. The van der Waals surface area contributed by atoms with Gasteiger partial charge in [0.1, 0.15) is 6.61 Å². The fourth-order valence-corrected chi connectivity index (χ4v) is 1.16. The minimum atomic E-state index is -4.23. The van der Waals surface area contributed by atoms with E-state index in [9.17, 15) is 13.2 Å². The lowest BCUT2D eigenvalue weighted by atomic mass is 10.0. The number of rotatable bonds is 6. The zero-order valence-corrected chi connectivity index (χ0v) is 8.82. The topological polar surface area (TPSA) is 21.3 Å². The fraction of sp³-hybridized carbons (Fsp3) is 1.00. The Morgan fingerprint density at radius 1 is 1.29 bits per heavy atom. The Labute approximate surface area is 82.8 Å². The third-order valence-electron chi connectivity index (χ3n) is 1.75. The maximum Gasteiger partial charge on any atom is 0.411 e. The molecule has 0 rings (SSSR count). The lowest BCUT2D eigenvalue weighted by Crippen LogP contribution is -2.33. The average molecular weight is 213 g/mol. The summed E-state index contributed by atoms with van der Waals surface area (Å²) in [4.78, 5) is 0. The molecule has 1 N–H and O–H groups in total. The second-order valence-electron chi connectivity index (χ2n) is 3.75. The quantitative estimate of drug-likeness (QED) is 0.730. The molecule has 1 atom stereocenters. The van der Waals surface area contributed by atoms with Gasteiger partial charge in [0.25, 0.3) is 0 Å². The van der Waals surface area contributed by atoms with Crippen LogP contribution in [0.5, 0.6) is 0 Å². The van der Waals surface area contributed by atoms with Crippen molar-refractivity contribution in [1.82, 2.24) is 5.32 Å². The van der Waals surface area contributed by atoms with Gasteiger partial charge in [-0.2, -0.15) is 13.2 Å². The summed E-state index contributed by atoms with van der Waals surface area (Å²) < 4.78 is 39.7. The number of hydrogen-bond acceptors (Lipinski definition) is 2. The van der Waals surface area contributed by atoms with Crippen molar-refractivity contribution in [1.29, 1.82) is 0 Å². The van der Waals surface area contributed by atoms with E-state index in [1.54, 1.807) is 7.05 Å². The Morgan fingerprint density at radius 3 is 2.21 bits per heavy atom. The standard InChI is InChI=1S/C9H18F3NO/c1-7(2)4-8(13-3)5-14-6-9(10,11)12/h7-8,13H,4-6H2,1-3H3. The monoisotopic (exact) mass is 213 g/mol. The molecule has 0 heterocycles. The average Bonchev–Trinajstić information content (AvgIpc) is 1.99. The maximum atomic E-state index is 11.7. The van der Waals surface area contributed by atoms with Gasteiger partial charge in [-0.25, -0.2) is 0 Å². The van der Waals surface area contributed by atoms with Gasteiger partial charge < -0.3 is 10.1 Å². The highest BCUT2D eigenvalue weighted by Crippen LogP contribution is 2.15. The van der Waals surface area contributed by atoms with Crippen molar-refractivity contribution in [3.63, 3.8) is 0 Å². The van der Waals surface area contributed by atoms with Crippen molar-refractivity contribution in [2.45, 2.75) is 32.5 Å². The molecule has 1 unspecified atom stereocenters. The molecule has 14 heavy (non-hydrogen) atoms. The number of halogens is 3. The van der Waals surface area contributed by atoms with Crippen LogP contribution in [-0.4, -0.2) is 32.5 Å². The predicted octanol–water partition coefficient (Wildman–Crippen LogP) is 2.20. The molecule has 0 fully saturated rings. The van der Waals surface area contributed by atoms with Gasteiger partial charge in [-0.1, -0.05) is 13.8 Å². The van der Waals surface area contributed by atoms with E-state index in [-0.39, 0.29) is 12.6 Å². The molecule has 0 bridgehead atoms. The van der Waals surface area contributed by atoms with Crippen LogP contribution in [0.3, 0.4) is 0 Å². The molecule has 0 aromatic rings. The molecule has 0 aromatic carbocycles. The molecule has 0 radical (unpaired) electrons. The van der Waals surface area contributed by atoms with Crippen LogP contribution in [-0.2, 0) is 4.74 Å². The highest BCUT2D eigenvalue weighted by molar-refractivity contribution is 4.65. The van der Waals surface area contributed by atoms with Crippen LogP contribution in [0.1, 0.15) is 20.3 Å². The van der Waals surface area contributed by atoms with Crippen molar-refractivity contribution in [3.8, 4) is 0 Å². The number of nitrogens with one attached hydrogen (secondary N) is 1. The zero-order valence-electron chi connectivity index (χ0n) is 8.82. The normalized spacial score (nSPS) is 14.8. The fourth-order valence-electron chi connectivity index (χ4n) is 1.16. The Balaban J connectivity index is 3.63. The number of ether oxygens (including phenoxy) is 1. The van der Waals surface area contributed by atoms with E-state index in [2.05, 4.69) is 10.1 Å². The molecule has 0 saturated heterocycles. The highest BCUT2D eigenvalue weighted by atomic mass is 19.4. The van der Waals surface area contributed by atoms with Gasteiger partial charge in [-0.3, -0.25) is 0 Å². The SMILES string of the molecule is CNC(COCC(F)(F)F)CC(C)C. The van der Waals surface area contributed by atoms with E-state index >= 15 is 0 Å². The van der Waals surface area contributed by atoms with Gasteiger partial charge in [-0.15, -0.1) is 0 Å². The van der Waals surface area contributed by atoms with E-state index in [0.717, 1.165) is 6.42 Å². The first kappa shape index (κ1) is 13.7. The minimum Gasteiger partial charge on any atom is -0.370 e. The van der Waals surface area contributed by atoms with Crippen LogP contribution in [0.2, 0.25) is 0 Å². The highest BCUT2D eigenvalue weighted by Gasteiger charge is 2.27. The second kappa shape index (κ2) is 6.24. The molecule has 5 heteroatoms. The van der Waals surface area contributed by atoms with Crippen molar-refractivity contribution in [2.24, 2.45) is 5.92 Å². The van der Waals surface area contributed by atoms with Gasteiger partial charge in [0.05, 0.1) is 6.61 Å². The number of likely N-dealkylation sites (N-methyl/N-ethyl adjacent to an activating group) is 1. The maximum absolute atomic E-state index is 11.7.